The first-order valence-electron chi connectivity index (χ1n) is 7.94. The van der Waals surface area contributed by atoms with E-state index >= 15 is 0 Å². The molecule has 1 aliphatic rings. The maximum atomic E-state index is 4.68. The van der Waals surface area contributed by atoms with E-state index < -0.39 is 0 Å². The van der Waals surface area contributed by atoms with Crippen molar-refractivity contribution in [2.75, 3.05) is 23.8 Å². The molecule has 0 spiro atoms. The normalized spacial score (nSPS) is 22.6. The van der Waals surface area contributed by atoms with Crippen LogP contribution in [0.15, 0.2) is 6.07 Å². The Balaban J connectivity index is 2.15. The lowest BCUT2D eigenvalue weighted by Crippen LogP contribution is -2.39. The van der Waals surface area contributed by atoms with Crippen molar-refractivity contribution in [3.8, 4) is 0 Å². The van der Waals surface area contributed by atoms with Gasteiger partial charge in [-0.2, -0.15) is 4.98 Å². The van der Waals surface area contributed by atoms with Crippen LogP contribution in [-0.2, 0) is 0 Å². The number of rotatable bonds is 5. The van der Waals surface area contributed by atoms with E-state index in [0.717, 1.165) is 36.3 Å². The number of nitrogens with zero attached hydrogens (tertiary/aromatic N) is 3. The van der Waals surface area contributed by atoms with Crippen LogP contribution in [0.1, 0.15) is 51.6 Å². The molecular formula is C16H28N4. The largest absolute Gasteiger partial charge is 0.356 e. The third kappa shape index (κ3) is 3.62. The highest BCUT2D eigenvalue weighted by molar-refractivity contribution is 5.45. The van der Waals surface area contributed by atoms with Crippen LogP contribution in [0.2, 0.25) is 0 Å². The molecule has 20 heavy (non-hydrogen) atoms. The molecule has 1 aliphatic carbocycles. The molecular weight excluding hydrogens is 248 g/mol. The summed E-state index contributed by atoms with van der Waals surface area (Å²) in [5.41, 5.74) is 1.03. The minimum atomic E-state index is 0.608. The summed E-state index contributed by atoms with van der Waals surface area (Å²) in [4.78, 5) is 11.5. The molecule has 1 N–H and O–H groups in total. The average molecular weight is 276 g/mol. The van der Waals surface area contributed by atoms with Crippen LogP contribution in [0, 0.1) is 12.8 Å². The molecule has 2 unspecified atom stereocenters. The zero-order valence-corrected chi connectivity index (χ0v) is 13.3. The van der Waals surface area contributed by atoms with Crippen molar-refractivity contribution >= 4 is 11.8 Å². The number of hydrogen-bond acceptors (Lipinski definition) is 4. The van der Waals surface area contributed by atoms with Crippen molar-refractivity contribution < 1.29 is 0 Å². The van der Waals surface area contributed by atoms with Crippen molar-refractivity contribution in [2.45, 2.75) is 58.9 Å². The average Bonchev–Trinajstić information content (AvgIpc) is 2.44. The molecule has 4 heteroatoms. The molecule has 0 saturated heterocycles. The van der Waals surface area contributed by atoms with Gasteiger partial charge in [-0.3, -0.25) is 0 Å². The van der Waals surface area contributed by atoms with Gasteiger partial charge in [0.2, 0.25) is 5.95 Å². The Morgan fingerprint density at radius 1 is 1.30 bits per heavy atom. The molecule has 2 atom stereocenters. The fourth-order valence-electron chi connectivity index (χ4n) is 3.09. The molecule has 0 bridgehead atoms. The maximum Gasteiger partial charge on any atom is 0.224 e. The third-order valence-electron chi connectivity index (χ3n) is 4.30. The number of nitrogens with one attached hydrogen (secondary N) is 1. The highest BCUT2D eigenvalue weighted by atomic mass is 15.2. The van der Waals surface area contributed by atoms with Crippen molar-refractivity contribution in [1.29, 1.82) is 0 Å². The summed E-state index contributed by atoms with van der Waals surface area (Å²) in [7, 11) is 2.18. The molecule has 0 amide bonds. The Labute approximate surface area is 123 Å². The molecule has 0 aromatic carbocycles. The first-order chi connectivity index (χ1) is 9.61. The first kappa shape index (κ1) is 15.1. The fourth-order valence-corrected chi connectivity index (χ4v) is 3.09. The van der Waals surface area contributed by atoms with Gasteiger partial charge in [-0.25, -0.2) is 4.98 Å². The summed E-state index contributed by atoms with van der Waals surface area (Å²) in [5, 5.41) is 3.30. The highest BCUT2D eigenvalue weighted by Crippen LogP contribution is 2.30. The Kier molecular flexibility index (Phi) is 5.21. The Morgan fingerprint density at radius 3 is 2.75 bits per heavy atom. The van der Waals surface area contributed by atoms with Crippen LogP contribution in [-0.4, -0.2) is 29.6 Å². The molecule has 112 valence electrons. The lowest BCUT2D eigenvalue weighted by Gasteiger charge is -2.37. The van der Waals surface area contributed by atoms with Crippen LogP contribution in [0.5, 0.6) is 0 Å². The standard InChI is InChI=1S/C16H28N4/c1-5-10-17-16-18-13(3)11-15(19-16)20(4)14-9-7-6-8-12(14)2/h11-12,14H,5-10H2,1-4H3,(H,17,18,19). The molecule has 1 aromatic heterocycles. The zero-order chi connectivity index (χ0) is 14.5. The Hall–Kier alpha value is -1.32. The van der Waals surface area contributed by atoms with E-state index in [1.54, 1.807) is 0 Å². The maximum absolute atomic E-state index is 4.68. The summed E-state index contributed by atoms with van der Waals surface area (Å²) in [6.07, 6.45) is 6.41. The molecule has 0 aliphatic heterocycles. The van der Waals surface area contributed by atoms with Gasteiger partial charge in [0.25, 0.3) is 0 Å². The van der Waals surface area contributed by atoms with Gasteiger partial charge < -0.3 is 10.2 Å². The van der Waals surface area contributed by atoms with E-state index in [-0.39, 0.29) is 0 Å². The molecule has 0 radical (unpaired) electrons. The zero-order valence-electron chi connectivity index (χ0n) is 13.3. The van der Waals surface area contributed by atoms with Crippen LogP contribution in [0.25, 0.3) is 0 Å². The predicted octanol–water partition coefficient (Wildman–Crippen LogP) is 3.62. The topological polar surface area (TPSA) is 41.1 Å². The second-order valence-corrected chi connectivity index (χ2v) is 6.06. The summed E-state index contributed by atoms with van der Waals surface area (Å²) >= 11 is 0. The Bertz CT molecular complexity index is 432. The number of anilines is 2. The molecule has 2 rings (SSSR count). The lowest BCUT2D eigenvalue weighted by molar-refractivity contribution is 0.320. The van der Waals surface area contributed by atoms with Crippen LogP contribution >= 0.6 is 0 Å². The van der Waals surface area contributed by atoms with Crippen molar-refractivity contribution in [2.24, 2.45) is 5.92 Å². The number of aromatic nitrogens is 2. The third-order valence-corrected chi connectivity index (χ3v) is 4.30. The fraction of sp³-hybridized carbons (Fsp3) is 0.750. The Morgan fingerprint density at radius 2 is 2.05 bits per heavy atom. The number of aryl methyl sites for hydroxylation is 1. The molecule has 1 aromatic rings. The molecule has 1 heterocycles. The molecule has 1 saturated carbocycles. The predicted molar refractivity (Wildman–Crippen MR) is 85.4 cm³/mol. The summed E-state index contributed by atoms with van der Waals surface area (Å²) < 4.78 is 0. The van der Waals surface area contributed by atoms with Gasteiger partial charge in [0.15, 0.2) is 0 Å². The minimum Gasteiger partial charge on any atom is -0.356 e. The van der Waals surface area contributed by atoms with Gasteiger partial charge in [0, 0.05) is 31.4 Å². The van der Waals surface area contributed by atoms with Gasteiger partial charge in [-0.15, -0.1) is 0 Å². The van der Waals surface area contributed by atoms with E-state index in [0.29, 0.717) is 6.04 Å². The smallest absolute Gasteiger partial charge is 0.224 e. The second kappa shape index (κ2) is 6.91. The van der Waals surface area contributed by atoms with Gasteiger partial charge >= 0.3 is 0 Å². The monoisotopic (exact) mass is 276 g/mol. The first-order valence-corrected chi connectivity index (χ1v) is 7.94. The second-order valence-electron chi connectivity index (χ2n) is 6.06. The van der Waals surface area contributed by atoms with Crippen LogP contribution < -0.4 is 10.2 Å². The van der Waals surface area contributed by atoms with Crippen molar-refractivity contribution in [1.82, 2.24) is 9.97 Å². The van der Waals surface area contributed by atoms with Gasteiger partial charge in [0.05, 0.1) is 0 Å². The van der Waals surface area contributed by atoms with Crippen LogP contribution in [0.4, 0.5) is 11.8 Å². The summed E-state index contributed by atoms with van der Waals surface area (Å²) in [6, 6.07) is 2.70. The lowest BCUT2D eigenvalue weighted by atomic mass is 9.85. The van der Waals surface area contributed by atoms with Crippen molar-refractivity contribution in [3.05, 3.63) is 11.8 Å². The minimum absolute atomic E-state index is 0.608. The summed E-state index contributed by atoms with van der Waals surface area (Å²) in [5.74, 6) is 2.56. The van der Waals surface area contributed by atoms with E-state index in [9.17, 15) is 0 Å². The molecule has 1 fully saturated rings. The number of hydrogen-bond donors (Lipinski definition) is 1. The van der Waals surface area contributed by atoms with E-state index in [1.165, 1.54) is 25.7 Å². The van der Waals surface area contributed by atoms with Gasteiger partial charge in [0.1, 0.15) is 5.82 Å². The van der Waals surface area contributed by atoms with Crippen LogP contribution in [0.3, 0.4) is 0 Å². The van der Waals surface area contributed by atoms with Gasteiger partial charge in [-0.1, -0.05) is 26.7 Å². The summed E-state index contributed by atoms with van der Waals surface area (Å²) in [6.45, 7) is 7.48. The molecule has 4 nitrogen and oxygen atoms in total. The van der Waals surface area contributed by atoms with E-state index in [4.69, 9.17) is 0 Å². The highest BCUT2D eigenvalue weighted by Gasteiger charge is 2.26. The van der Waals surface area contributed by atoms with Crippen molar-refractivity contribution in [3.63, 3.8) is 0 Å². The quantitative estimate of drug-likeness (QED) is 0.891. The van der Waals surface area contributed by atoms with Gasteiger partial charge in [-0.05, 0) is 32.1 Å². The van der Waals surface area contributed by atoms with E-state index in [1.807, 2.05) is 6.92 Å². The van der Waals surface area contributed by atoms with E-state index in [2.05, 4.69) is 47.1 Å². The SMILES string of the molecule is CCCNc1nc(C)cc(N(C)C2CCCCC2C)n1.